The molecule has 1 atom stereocenters. The number of nitrogens with zero attached hydrogens (tertiary/aromatic N) is 2. The Morgan fingerprint density at radius 3 is 2.49 bits per heavy atom. The average molecular weight is 500 g/mol. The minimum atomic E-state index is -0.540. The second-order valence-corrected chi connectivity index (χ2v) is 8.65. The Bertz CT molecular complexity index is 1520. The number of carbonyl (C=O) groups is 2. The Morgan fingerprint density at radius 1 is 1.05 bits per heavy atom. The third-order valence-electron chi connectivity index (χ3n) is 6.00. The Labute approximate surface area is 213 Å². The van der Waals surface area contributed by atoms with Gasteiger partial charge in [-0.1, -0.05) is 24.3 Å². The lowest BCUT2D eigenvalue weighted by Crippen LogP contribution is -2.37. The number of pyridine rings is 1. The molecule has 1 amide bonds. The van der Waals surface area contributed by atoms with Crippen molar-refractivity contribution < 1.29 is 14.0 Å². The van der Waals surface area contributed by atoms with Crippen molar-refractivity contribution in [1.29, 1.82) is 0 Å². The number of hydrogen-bond acceptors (Lipinski definition) is 6. The van der Waals surface area contributed by atoms with Crippen molar-refractivity contribution >= 4 is 17.4 Å². The number of anilines is 1. The van der Waals surface area contributed by atoms with Gasteiger partial charge >= 0.3 is 0 Å². The van der Waals surface area contributed by atoms with Crippen LogP contribution in [0, 0.1) is 12.7 Å². The van der Waals surface area contributed by atoms with E-state index in [-0.39, 0.29) is 17.9 Å². The molecule has 0 aliphatic rings. The van der Waals surface area contributed by atoms with Gasteiger partial charge in [0.15, 0.2) is 5.78 Å². The second kappa shape index (κ2) is 11.0. The number of halogens is 1. The van der Waals surface area contributed by atoms with E-state index in [1.54, 1.807) is 26.2 Å². The van der Waals surface area contributed by atoms with Crippen molar-refractivity contribution in [3.8, 4) is 11.4 Å². The van der Waals surface area contributed by atoms with Gasteiger partial charge in [0, 0.05) is 35.5 Å². The highest BCUT2D eigenvalue weighted by Gasteiger charge is 2.20. The Kier molecular flexibility index (Phi) is 7.64. The van der Waals surface area contributed by atoms with E-state index < -0.39 is 23.3 Å². The summed E-state index contributed by atoms with van der Waals surface area (Å²) in [6.07, 6.45) is 3.12. The summed E-state index contributed by atoms with van der Waals surface area (Å²) in [6, 6.07) is 13.9. The summed E-state index contributed by atoms with van der Waals surface area (Å²) in [5.41, 5.74) is 2.77. The van der Waals surface area contributed by atoms with Crippen LogP contribution < -0.4 is 16.2 Å². The molecule has 0 saturated heterocycles. The van der Waals surface area contributed by atoms with Gasteiger partial charge in [-0.15, -0.1) is 0 Å². The first-order valence-corrected chi connectivity index (χ1v) is 11.7. The minimum absolute atomic E-state index is 0.0275. The van der Waals surface area contributed by atoms with E-state index in [1.165, 1.54) is 30.5 Å². The van der Waals surface area contributed by atoms with Crippen LogP contribution in [0.2, 0.25) is 0 Å². The van der Waals surface area contributed by atoms with Gasteiger partial charge in [0.25, 0.3) is 5.56 Å². The van der Waals surface area contributed by atoms with Crippen molar-refractivity contribution in [2.75, 3.05) is 12.4 Å². The number of H-pyrrole nitrogens is 1. The Morgan fingerprint density at radius 2 is 1.78 bits per heavy atom. The largest absolute Gasteiger partial charge is 0.319 e. The van der Waals surface area contributed by atoms with Crippen molar-refractivity contribution in [2.24, 2.45) is 0 Å². The molecule has 9 heteroatoms. The quantitative estimate of drug-likeness (QED) is 0.319. The van der Waals surface area contributed by atoms with Gasteiger partial charge in [-0.3, -0.25) is 19.4 Å². The molecule has 0 aliphatic carbocycles. The fourth-order valence-electron chi connectivity index (χ4n) is 3.78. The van der Waals surface area contributed by atoms with Gasteiger partial charge in [0.1, 0.15) is 17.3 Å². The van der Waals surface area contributed by atoms with Gasteiger partial charge < -0.3 is 15.6 Å². The number of likely N-dealkylation sites (N-methyl/N-ethyl adjacent to an activating group) is 1. The van der Waals surface area contributed by atoms with E-state index in [1.807, 2.05) is 31.2 Å². The number of ketones is 1. The van der Waals surface area contributed by atoms with Crippen LogP contribution in [0.1, 0.15) is 39.7 Å². The van der Waals surface area contributed by atoms with Crippen LogP contribution in [0.4, 0.5) is 10.1 Å². The standard InChI is InChI=1S/C28H26FN5O3/c1-16-6-4-5-7-22(16)26-32-23(24(28(37)34-26)33-27(36)17(2)30-3)13-18-12-20(15-31-14-18)25(35)19-8-10-21(29)11-9-19/h4-12,14-15,17,30H,13H2,1-3H3,(H,33,36)(H,32,34,37)/t17-/m0/s1. The molecule has 2 heterocycles. The fraction of sp³-hybridized carbons (Fsp3) is 0.179. The zero-order chi connectivity index (χ0) is 26.5. The summed E-state index contributed by atoms with van der Waals surface area (Å²) in [6.45, 7) is 3.58. The zero-order valence-electron chi connectivity index (χ0n) is 20.6. The van der Waals surface area contributed by atoms with Crippen LogP contribution in [0.25, 0.3) is 11.4 Å². The normalized spacial score (nSPS) is 11.7. The summed E-state index contributed by atoms with van der Waals surface area (Å²) >= 11 is 0. The predicted octanol–water partition coefficient (Wildman–Crippen LogP) is 3.65. The van der Waals surface area contributed by atoms with Crippen LogP contribution in [0.5, 0.6) is 0 Å². The highest BCUT2D eigenvalue weighted by molar-refractivity contribution is 6.08. The van der Waals surface area contributed by atoms with Gasteiger partial charge in [-0.05, 0) is 62.4 Å². The first-order chi connectivity index (χ1) is 17.8. The second-order valence-electron chi connectivity index (χ2n) is 8.65. The molecule has 0 aliphatic heterocycles. The number of rotatable bonds is 8. The number of aromatic amines is 1. The number of nitrogens with one attached hydrogen (secondary N) is 3. The maximum atomic E-state index is 13.3. The lowest BCUT2D eigenvalue weighted by Gasteiger charge is -2.15. The molecule has 0 fully saturated rings. The molecule has 2 aromatic heterocycles. The van der Waals surface area contributed by atoms with Crippen LogP contribution >= 0.6 is 0 Å². The third kappa shape index (κ3) is 5.84. The van der Waals surface area contributed by atoms with Gasteiger partial charge in [-0.25, -0.2) is 9.37 Å². The highest BCUT2D eigenvalue weighted by atomic mass is 19.1. The first-order valence-electron chi connectivity index (χ1n) is 11.7. The molecule has 37 heavy (non-hydrogen) atoms. The number of hydrogen-bond donors (Lipinski definition) is 3. The number of aryl methyl sites for hydroxylation is 1. The predicted molar refractivity (Wildman–Crippen MR) is 139 cm³/mol. The third-order valence-corrected chi connectivity index (χ3v) is 6.00. The minimum Gasteiger partial charge on any atom is -0.319 e. The monoisotopic (exact) mass is 499 g/mol. The molecule has 0 saturated carbocycles. The number of aromatic nitrogens is 3. The molecule has 3 N–H and O–H groups in total. The maximum Gasteiger partial charge on any atom is 0.275 e. The van der Waals surface area contributed by atoms with E-state index in [2.05, 4.69) is 20.6 Å². The molecule has 0 spiro atoms. The van der Waals surface area contributed by atoms with Crippen molar-refractivity contribution in [3.63, 3.8) is 0 Å². The molecular formula is C28H26FN5O3. The van der Waals surface area contributed by atoms with Crippen LogP contribution in [0.15, 0.2) is 71.8 Å². The van der Waals surface area contributed by atoms with Gasteiger partial charge in [0.05, 0.1) is 11.7 Å². The van der Waals surface area contributed by atoms with E-state index in [9.17, 15) is 18.8 Å². The summed E-state index contributed by atoms with van der Waals surface area (Å²) in [4.78, 5) is 50.3. The van der Waals surface area contributed by atoms with E-state index in [4.69, 9.17) is 4.98 Å². The maximum absolute atomic E-state index is 13.3. The van der Waals surface area contributed by atoms with Crippen molar-refractivity contribution in [1.82, 2.24) is 20.3 Å². The first kappa shape index (κ1) is 25.6. The number of benzene rings is 2. The molecule has 0 radical (unpaired) electrons. The summed E-state index contributed by atoms with van der Waals surface area (Å²) in [7, 11) is 1.64. The molecule has 0 unspecified atom stereocenters. The molecule has 4 rings (SSSR count). The van der Waals surface area contributed by atoms with E-state index in [0.29, 0.717) is 28.2 Å². The van der Waals surface area contributed by atoms with Crippen LogP contribution in [-0.4, -0.2) is 39.7 Å². The summed E-state index contributed by atoms with van der Waals surface area (Å²) < 4.78 is 13.3. The summed E-state index contributed by atoms with van der Waals surface area (Å²) in [5.74, 6) is -0.775. The lowest BCUT2D eigenvalue weighted by molar-refractivity contribution is -0.117. The van der Waals surface area contributed by atoms with Crippen LogP contribution in [-0.2, 0) is 11.2 Å². The number of amides is 1. The molecular weight excluding hydrogens is 473 g/mol. The molecule has 188 valence electrons. The van der Waals surface area contributed by atoms with Crippen molar-refractivity contribution in [2.45, 2.75) is 26.3 Å². The topological polar surface area (TPSA) is 117 Å². The van der Waals surface area contributed by atoms with E-state index >= 15 is 0 Å². The molecule has 0 bridgehead atoms. The van der Waals surface area contributed by atoms with Crippen molar-refractivity contribution in [3.05, 3.63) is 111 Å². The average Bonchev–Trinajstić information content (AvgIpc) is 2.90. The highest BCUT2D eigenvalue weighted by Crippen LogP contribution is 2.22. The molecule has 2 aromatic carbocycles. The number of carbonyl (C=O) groups excluding carboxylic acids is 2. The fourth-order valence-corrected chi connectivity index (χ4v) is 3.78. The summed E-state index contributed by atoms with van der Waals surface area (Å²) in [5, 5.41) is 5.52. The van der Waals surface area contributed by atoms with Crippen LogP contribution in [0.3, 0.4) is 0 Å². The van der Waals surface area contributed by atoms with E-state index in [0.717, 1.165) is 11.1 Å². The Hall–Kier alpha value is -4.50. The van der Waals surface area contributed by atoms with Gasteiger partial charge in [0.2, 0.25) is 5.91 Å². The lowest BCUT2D eigenvalue weighted by atomic mass is 10.0. The zero-order valence-corrected chi connectivity index (χ0v) is 20.6. The molecule has 4 aromatic rings. The smallest absolute Gasteiger partial charge is 0.275 e. The molecule has 8 nitrogen and oxygen atoms in total. The Balaban J connectivity index is 1.75. The SMILES string of the molecule is CN[C@@H](C)C(=O)Nc1c(Cc2cncc(C(=O)c3ccc(F)cc3)c2)nc(-c2ccccc2C)[nH]c1=O. The van der Waals surface area contributed by atoms with Gasteiger partial charge in [-0.2, -0.15) is 0 Å².